The minimum atomic E-state index is -2.88. The fourth-order valence-corrected chi connectivity index (χ4v) is 20.3. The number of esters is 3. The van der Waals surface area contributed by atoms with E-state index in [1.165, 1.54) is 53.9 Å². The van der Waals surface area contributed by atoms with Crippen molar-refractivity contribution >= 4 is 73.7 Å². The number of cyclic esters (lactones) is 1. The van der Waals surface area contributed by atoms with Crippen LogP contribution in [-0.4, -0.2) is 185 Å². The van der Waals surface area contributed by atoms with E-state index in [4.69, 9.17) is 52.2 Å². The SMILES string of the molecule is C=CCOc1cc(C)c(C(=O)OC)c(O)c1.C=CCOc1cc(OCOC)c(C(C)=O)c(C(CC[C@@H]2OC(C)(C)O[C@@H]2C(/C=C\[C@@H](C)[C@@H](C)O[Si](c2ccccc2)(c2ccccc2)C(C)(C)C)OC(=O)c2ccccc2)[Se]c2ccccc2)c1.C[C@@H]1/C=C\C(=O)[C@@H](O)[C@@H](O)C/C=C/c2cc(OCC(O)CO)cc(O)c2C(=O)O[C@H]1C. The van der Waals surface area contributed by atoms with Gasteiger partial charge < -0.3 is 49.6 Å². The fourth-order valence-electron chi connectivity index (χ4n) is 13.0. The third kappa shape index (κ3) is 26.1. The smallest absolute Gasteiger partial charge is 0.342 e. The molecule has 2 aliphatic heterocycles. The van der Waals surface area contributed by atoms with Crippen LogP contribution >= 0.6 is 0 Å². The fraction of sp³-hybridized carbons (Fsp3) is 0.374. The molecule has 9 rings (SSSR count). The van der Waals surface area contributed by atoms with E-state index >= 15 is 0 Å². The number of ketones is 2. The van der Waals surface area contributed by atoms with Crippen molar-refractivity contribution in [3.63, 3.8) is 0 Å². The summed E-state index contributed by atoms with van der Waals surface area (Å²) in [5.74, 6) is -3.09. The molecule has 24 heteroatoms. The van der Waals surface area contributed by atoms with Crippen LogP contribution in [0.1, 0.15) is 151 Å². The molecule has 0 aliphatic carbocycles. The first-order valence-electron chi connectivity index (χ1n) is 38.0. The van der Waals surface area contributed by atoms with Crippen LogP contribution in [-0.2, 0) is 37.6 Å². The number of fused-ring (bicyclic) bond motifs is 1. The number of phenolic OH excluding ortho intramolecular Hbond substituents is 2. The van der Waals surface area contributed by atoms with E-state index in [0.29, 0.717) is 53.4 Å². The quantitative estimate of drug-likeness (QED) is 0.00587. The molecule has 115 heavy (non-hydrogen) atoms. The molecule has 1 fully saturated rings. The Balaban J connectivity index is 0.000000317. The molecule has 0 spiro atoms. The Hall–Kier alpha value is -9.79. The molecule has 2 heterocycles. The molecule has 7 aromatic rings. The summed E-state index contributed by atoms with van der Waals surface area (Å²) < 4.78 is 66.6. The van der Waals surface area contributed by atoms with Crippen LogP contribution in [0.3, 0.4) is 0 Å². The predicted octanol–water partition coefficient (Wildman–Crippen LogP) is 12.8. The molecular weight excluding hydrogens is 1550 g/mol. The number of methoxy groups -OCH3 is 2. The first kappa shape index (κ1) is 92.4. The van der Waals surface area contributed by atoms with E-state index in [9.17, 15) is 49.5 Å². The van der Waals surface area contributed by atoms with Gasteiger partial charge in [-0.15, -0.1) is 0 Å². The Morgan fingerprint density at radius 2 is 1.31 bits per heavy atom. The third-order valence-corrected chi connectivity index (χ3v) is 27.0. The van der Waals surface area contributed by atoms with Crippen molar-refractivity contribution in [2.75, 3.05) is 47.4 Å². The summed E-state index contributed by atoms with van der Waals surface area (Å²) in [6.45, 7) is 28.7. The molecule has 1 saturated heterocycles. The third-order valence-electron chi connectivity index (χ3n) is 19.1. The maximum atomic E-state index is 14.0. The van der Waals surface area contributed by atoms with Gasteiger partial charge in [0.05, 0.1) is 19.8 Å². The standard InChI is InChI=1S/C57H68O9SeSi.C22H28O9.C12H14O4/c1-11-36-61-44-37-48(53(41(3)58)51(38-44)62-39-60-10)52(67-45-26-18-13-19-27-45)35-34-50-54(65-57(8,9)64-50)49(63-55(59)43-24-16-12-17-25-43)33-32-40(2)42(4)66-68(56(5,6)7,46-28-20-14-21-29-46)47-30-22-15-23-31-47;1-12-6-7-18(26)21(28)17(25)5-3-4-14-8-16(30-11-15(24)10-23)9-19(27)20(14)22(29)31-13(12)2;1-4-5-16-9-6-8(2)11(10(13)7-9)12(14)15-3/h11-33,37-38,40,42,49-50,52,54H,1,34-36,39H2,2-10H3;3-4,6-9,12-13,15,17,21,23-25,27-28H,5,10-11H2,1-2H3;4,6-7,13H,1,5H2,2-3H3/b33-32-;4-3+,7-6-;/t40-,42-,49?,50+,52?,54-;12-,13+,15?,17+,21+;/m11./s1. The summed E-state index contributed by atoms with van der Waals surface area (Å²) in [5, 5.41) is 60.7. The van der Waals surface area contributed by atoms with Crippen molar-refractivity contribution in [1.29, 1.82) is 0 Å². The van der Waals surface area contributed by atoms with Gasteiger partial charge in [0.25, 0.3) is 0 Å². The minimum Gasteiger partial charge on any atom is -0.507 e. The Morgan fingerprint density at radius 3 is 1.88 bits per heavy atom. The number of benzene rings is 7. The van der Waals surface area contributed by atoms with Crippen molar-refractivity contribution in [2.24, 2.45) is 11.8 Å². The van der Waals surface area contributed by atoms with Gasteiger partial charge in [-0.3, -0.25) is 4.79 Å². The number of aryl methyl sites for hydroxylation is 1. The van der Waals surface area contributed by atoms with Crippen LogP contribution in [0.15, 0.2) is 213 Å². The Labute approximate surface area is 682 Å². The first-order valence-corrected chi connectivity index (χ1v) is 41.8. The summed E-state index contributed by atoms with van der Waals surface area (Å²) >= 11 is -0.152. The molecule has 0 bridgehead atoms. The minimum absolute atomic E-state index is 0.0390. The molecule has 2 aliphatic rings. The van der Waals surface area contributed by atoms with Gasteiger partial charge in [0.15, 0.2) is 5.78 Å². The number of Topliss-reactive ketones (excluding diaryl/α,β-unsaturated/α-hetero) is 1. The van der Waals surface area contributed by atoms with Gasteiger partial charge in [-0.25, -0.2) is 9.59 Å². The molecule has 3 unspecified atom stereocenters. The van der Waals surface area contributed by atoms with E-state index in [1.54, 1.807) is 71.2 Å². The van der Waals surface area contributed by atoms with Gasteiger partial charge in [-0.1, -0.05) is 119 Å². The summed E-state index contributed by atoms with van der Waals surface area (Å²) in [7, 11) is -0.0675. The van der Waals surface area contributed by atoms with Gasteiger partial charge in [0.1, 0.15) is 65.7 Å². The summed E-state index contributed by atoms with van der Waals surface area (Å²) in [4.78, 5) is 63.6. The second kappa shape index (κ2) is 44.3. The number of carbonyl (C=O) groups is 5. The monoisotopic (exact) mass is 1660 g/mol. The van der Waals surface area contributed by atoms with Crippen LogP contribution in [0, 0.1) is 18.8 Å². The number of phenols is 2. The average molecular weight is 1660 g/mol. The van der Waals surface area contributed by atoms with Gasteiger partial charge in [0.2, 0.25) is 0 Å². The maximum Gasteiger partial charge on any atom is 0.342 e. The van der Waals surface area contributed by atoms with E-state index in [0.717, 1.165) is 16.1 Å². The topological polar surface area (TPSA) is 308 Å². The number of carbonyl (C=O) groups excluding carboxylic acids is 5. The molecule has 0 amide bonds. The second-order valence-electron chi connectivity index (χ2n) is 29.4. The summed E-state index contributed by atoms with van der Waals surface area (Å²) in [6, 6.07) is 49.9. The van der Waals surface area contributed by atoms with Crippen molar-refractivity contribution in [3.8, 4) is 34.5 Å². The second-order valence-corrected chi connectivity index (χ2v) is 36.3. The number of aliphatic hydroxyl groups is 4. The molecule has 0 aromatic heterocycles. The van der Waals surface area contributed by atoms with Crippen LogP contribution in [0.2, 0.25) is 5.04 Å². The number of rotatable bonds is 31. The predicted molar refractivity (Wildman–Crippen MR) is 445 cm³/mol. The van der Waals surface area contributed by atoms with E-state index in [1.807, 2.05) is 74.5 Å². The van der Waals surface area contributed by atoms with Crippen LogP contribution in [0.25, 0.3) is 6.08 Å². The largest absolute Gasteiger partial charge is 0.507 e. The molecular formula is C91H110O22SeSi. The number of aliphatic hydroxyl groups excluding tert-OH is 4. The Bertz CT molecular complexity index is 4370. The van der Waals surface area contributed by atoms with Crippen molar-refractivity contribution in [2.45, 2.75) is 160 Å². The summed E-state index contributed by atoms with van der Waals surface area (Å²) in [6.07, 6.45) is 6.83. The number of hydrogen-bond acceptors (Lipinski definition) is 22. The van der Waals surface area contributed by atoms with E-state index in [-0.39, 0.29) is 103 Å². The van der Waals surface area contributed by atoms with Crippen LogP contribution < -0.4 is 33.8 Å². The summed E-state index contributed by atoms with van der Waals surface area (Å²) in [5.41, 5.74) is 2.58. The number of aromatic hydroxyl groups is 2. The normalized spacial score (nSPS) is 19.4. The van der Waals surface area contributed by atoms with Gasteiger partial charge in [-0.05, 0) is 65.0 Å². The van der Waals surface area contributed by atoms with Crippen LogP contribution in [0.4, 0.5) is 0 Å². The zero-order valence-electron chi connectivity index (χ0n) is 67.7. The molecule has 6 N–H and O–H groups in total. The molecule has 0 radical (unpaired) electrons. The Kier molecular flexibility index (Phi) is 35.6. The molecule has 7 aromatic carbocycles. The molecule has 616 valence electrons. The van der Waals surface area contributed by atoms with Crippen LogP contribution in [0.5, 0.6) is 34.5 Å². The van der Waals surface area contributed by atoms with Gasteiger partial charge in [0, 0.05) is 18.1 Å². The van der Waals surface area contributed by atoms with E-state index < -0.39 is 92.9 Å². The molecule has 22 nitrogen and oxygen atoms in total. The van der Waals surface area contributed by atoms with E-state index in [2.05, 4.69) is 119 Å². The van der Waals surface area contributed by atoms with Crippen molar-refractivity contribution in [3.05, 3.63) is 252 Å². The van der Waals surface area contributed by atoms with Gasteiger partial charge in [-0.2, -0.15) is 0 Å². The van der Waals surface area contributed by atoms with Gasteiger partial charge >= 0.3 is 329 Å². The maximum absolute atomic E-state index is 14.0. The zero-order valence-corrected chi connectivity index (χ0v) is 70.4. The van der Waals surface area contributed by atoms with Crippen molar-refractivity contribution in [1.82, 2.24) is 0 Å². The number of ether oxygens (including phenoxy) is 10. The molecule has 11 atom stereocenters. The average Bonchev–Trinajstić information content (AvgIpc) is 1.75. The number of hydrogen-bond donors (Lipinski definition) is 6. The first-order chi connectivity index (χ1) is 54.8. The van der Waals surface area contributed by atoms with Crippen molar-refractivity contribution < 1.29 is 106 Å². The Morgan fingerprint density at radius 1 is 0.730 bits per heavy atom. The molecule has 0 saturated carbocycles. The zero-order chi connectivity index (χ0) is 84.2.